The summed E-state index contributed by atoms with van der Waals surface area (Å²) < 4.78 is 12.3. The number of hydrogen-bond acceptors (Lipinski definition) is 4. The van der Waals surface area contributed by atoms with Crippen LogP contribution >= 0.6 is 15.9 Å². The minimum atomic E-state index is -0.579. The van der Waals surface area contributed by atoms with Crippen molar-refractivity contribution in [3.63, 3.8) is 0 Å². The van der Waals surface area contributed by atoms with Gasteiger partial charge in [0.05, 0.1) is 13.2 Å². The Bertz CT molecular complexity index is 933. The summed E-state index contributed by atoms with van der Waals surface area (Å²) in [6, 6.07) is 13.1. The maximum atomic E-state index is 13.3. The third-order valence-electron chi connectivity index (χ3n) is 5.67. The first-order valence-corrected chi connectivity index (χ1v) is 12.8. The van der Waals surface area contributed by atoms with Crippen molar-refractivity contribution < 1.29 is 19.1 Å². The monoisotopic (exact) mass is 532 g/mol. The second kappa shape index (κ2) is 14.0. The number of ether oxygens (including phenoxy) is 2. The molecule has 2 aromatic carbocycles. The summed E-state index contributed by atoms with van der Waals surface area (Å²) in [5.41, 5.74) is 1.96. The molecule has 0 fully saturated rings. The summed E-state index contributed by atoms with van der Waals surface area (Å²) >= 11 is 3.45. The Morgan fingerprint density at radius 3 is 2.18 bits per heavy atom. The maximum Gasteiger partial charge on any atom is 0.242 e. The van der Waals surface area contributed by atoms with Crippen molar-refractivity contribution in [3.8, 4) is 11.5 Å². The van der Waals surface area contributed by atoms with Crippen LogP contribution in [0.4, 0.5) is 0 Å². The molecule has 0 unspecified atom stereocenters. The molecule has 2 atom stereocenters. The number of aryl methyl sites for hydroxylation is 1. The van der Waals surface area contributed by atoms with E-state index in [1.54, 1.807) is 11.8 Å². The third kappa shape index (κ3) is 8.35. The predicted octanol–water partition coefficient (Wildman–Crippen LogP) is 5.51. The topological polar surface area (TPSA) is 67.9 Å². The van der Waals surface area contributed by atoms with Crippen molar-refractivity contribution in [2.75, 3.05) is 13.2 Å². The third-order valence-corrected chi connectivity index (χ3v) is 6.20. The van der Waals surface area contributed by atoms with Gasteiger partial charge in [-0.15, -0.1) is 0 Å². The molecule has 2 amide bonds. The predicted molar refractivity (Wildman–Crippen MR) is 139 cm³/mol. The van der Waals surface area contributed by atoms with Crippen molar-refractivity contribution >= 4 is 27.7 Å². The van der Waals surface area contributed by atoms with Crippen LogP contribution in [0.5, 0.6) is 11.5 Å². The highest BCUT2D eigenvalue weighted by molar-refractivity contribution is 9.10. The molecule has 2 aromatic rings. The number of carbonyl (C=O) groups is 2. The molecule has 0 heterocycles. The zero-order valence-electron chi connectivity index (χ0n) is 20.9. The van der Waals surface area contributed by atoms with Crippen LogP contribution in [0.25, 0.3) is 0 Å². The number of hydrogen-bond donors (Lipinski definition) is 1. The van der Waals surface area contributed by atoms with Gasteiger partial charge >= 0.3 is 0 Å². The normalized spacial score (nSPS) is 12.5. The fourth-order valence-electron chi connectivity index (χ4n) is 3.48. The van der Waals surface area contributed by atoms with Crippen molar-refractivity contribution in [2.45, 2.75) is 72.5 Å². The first kappa shape index (κ1) is 27.7. The second-order valence-corrected chi connectivity index (χ2v) is 9.20. The molecular formula is C27H37BrN2O4. The van der Waals surface area contributed by atoms with E-state index < -0.39 is 6.04 Å². The first-order valence-electron chi connectivity index (χ1n) is 12.0. The molecule has 1 N–H and O–H groups in total. The van der Waals surface area contributed by atoms with Gasteiger partial charge in [0.15, 0.2) is 11.5 Å². The van der Waals surface area contributed by atoms with E-state index in [0.717, 1.165) is 22.0 Å². The number of nitrogens with zero attached hydrogens (tertiary/aromatic N) is 1. The smallest absolute Gasteiger partial charge is 0.242 e. The van der Waals surface area contributed by atoms with Crippen LogP contribution in [0.1, 0.15) is 58.6 Å². The van der Waals surface area contributed by atoms with Crippen molar-refractivity contribution in [3.05, 3.63) is 58.1 Å². The Kier molecular flexibility index (Phi) is 11.4. The van der Waals surface area contributed by atoms with E-state index in [2.05, 4.69) is 21.2 Å². The number of rotatable bonds is 13. The molecule has 0 saturated heterocycles. The lowest BCUT2D eigenvalue weighted by Crippen LogP contribution is -2.49. The molecule has 0 aliphatic heterocycles. The van der Waals surface area contributed by atoms with E-state index in [9.17, 15) is 9.59 Å². The van der Waals surface area contributed by atoms with Crippen molar-refractivity contribution in [1.29, 1.82) is 0 Å². The van der Waals surface area contributed by atoms with Gasteiger partial charge in [0, 0.05) is 23.5 Å². The Morgan fingerprint density at radius 1 is 0.941 bits per heavy atom. The molecule has 6 nitrogen and oxygen atoms in total. The lowest BCUT2D eigenvalue weighted by atomic mass is 10.1. The van der Waals surface area contributed by atoms with E-state index in [-0.39, 0.29) is 24.3 Å². The summed E-state index contributed by atoms with van der Waals surface area (Å²) in [6.07, 6.45) is 1.66. The molecule has 0 aliphatic rings. The molecule has 186 valence electrons. The van der Waals surface area contributed by atoms with Crippen LogP contribution in [0.2, 0.25) is 0 Å². The van der Waals surface area contributed by atoms with Gasteiger partial charge in [-0.05, 0) is 75.9 Å². The van der Waals surface area contributed by atoms with Crippen LogP contribution in [-0.4, -0.2) is 42.0 Å². The Hall–Kier alpha value is -2.54. The summed E-state index contributed by atoms with van der Waals surface area (Å²) in [5.74, 6) is 1.18. The SMILES string of the molecule is CCOc1ccc(CCC(=O)N(Cc2ccc(Br)cc2)[C@@H](C)C(=O)N[C@H](C)CC)cc1OCC. The number of amides is 2. The van der Waals surface area contributed by atoms with E-state index >= 15 is 0 Å². The minimum absolute atomic E-state index is 0.0559. The second-order valence-electron chi connectivity index (χ2n) is 8.29. The highest BCUT2D eigenvalue weighted by Gasteiger charge is 2.26. The van der Waals surface area contributed by atoms with Gasteiger partial charge in [0.2, 0.25) is 11.8 Å². The minimum Gasteiger partial charge on any atom is -0.490 e. The van der Waals surface area contributed by atoms with E-state index in [0.29, 0.717) is 37.7 Å². The lowest BCUT2D eigenvalue weighted by molar-refractivity contribution is -0.140. The number of halogens is 1. The zero-order chi connectivity index (χ0) is 25.1. The molecule has 0 aliphatic carbocycles. The van der Waals surface area contributed by atoms with Crippen molar-refractivity contribution in [1.82, 2.24) is 10.2 Å². The van der Waals surface area contributed by atoms with Crippen LogP contribution in [0, 0.1) is 0 Å². The summed E-state index contributed by atoms with van der Waals surface area (Å²) in [5, 5.41) is 3.00. The van der Waals surface area contributed by atoms with Crippen LogP contribution in [-0.2, 0) is 22.6 Å². The van der Waals surface area contributed by atoms with Gasteiger partial charge in [0.25, 0.3) is 0 Å². The molecule has 2 rings (SSSR count). The first-order chi connectivity index (χ1) is 16.3. The van der Waals surface area contributed by atoms with Crippen LogP contribution in [0.15, 0.2) is 46.9 Å². The molecule has 0 aromatic heterocycles. The van der Waals surface area contributed by atoms with Crippen LogP contribution < -0.4 is 14.8 Å². The highest BCUT2D eigenvalue weighted by Crippen LogP contribution is 2.29. The Morgan fingerprint density at radius 2 is 1.56 bits per heavy atom. The molecule has 0 bridgehead atoms. The molecule has 0 radical (unpaired) electrons. The number of carbonyl (C=O) groups excluding carboxylic acids is 2. The lowest BCUT2D eigenvalue weighted by Gasteiger charge is -2.30. The molecule has 7 heteroatoms. The highest BCUT2D eigenvalue weighted by atomic mass is 79.9. The van der Waals surface area contributed by atoms with E-state index in [4.69, 9.17) is 9.47 Å². The standard InChI is InChI=1S/C27H37BrN2O4/c1-6-19(4)29-27(32)20(5)30(18-22-9-13-23(28)14-10-22)26(31)16-12-21-11-15-24(33-7-2)25(17-21)34-8-3/h9-11,13-15,17,19-20H,6-8,12,16,18H2,1-5H3,(H,29,32)/t19-,20+/m1/s1. The summed E-state index contributed by atoms with van der Waals surface area (Å²) in [7, 11) is 0. The molecule has 0 saturated carbocycles. The maximum absolute atomic E-state index is 13.3. The van der Waals surface area contributed by atoms with Gasteiger partial charge in [-0.3, -0.25) is 9.59 Å². The molecule has 34 heavy (non-hydrogen) atoms. The quantitative estimate of drug-likeness (QED) is 0.369. The van der Waals surface area contributed by atoms with E-state index in [1.165, 1.54) is 0 Å². The van der Waals surface area contributed by atoms with Gasteiger partial charge in [-0.2, -0.15) is 0 Å². The van der Waals surface area contributed by atoms with E-state index in [1.807, 2.05) is 70.2 Å². The zero-order valence-corrected chi connectivity index (χ0v) is 22.5. The fraction of sp³-hybridized carbons (Fsp3) is 0.481. The fourth-order valence-corrected chi connectivity index (χ4v) is 3.74. The Labute approximate surface area is 212 Å². The number of nitrogens with one attached hydrogen (secondary N) is 1. The average Bonchev–Trinajstić information content (AvgIpc) is 2.83. The van der Waals surface area contributed by atoms with Crippen molar-refractivity contribution in [2.24, 2.45) is 0 Å². The van der Waals surface area contributed by atoms with Gasteiger partial charge in [-0.25, -0.2) is 0 Å². The Balaban J connectivity index is 2.17. The molecular weight excluding hydrogens is 496 g/mol. The van der Waals surface area contributed by atoms with Crippen LogP contribution in [0.3, 0.4) is 0 Å². The van der Waals surface area contributed by atoms with Gasteiger partial charge in [-0.1, -0.05) is 41.1 Å². The number of benzene rings is 2. The van der Waals surface area contributed by atoms with Gasteiger partial charge in [0.1, 0.15) is 6.04 Å². The van der Waals surface area contributed by atoms with Gasteiger partial charge < -0.3 is 19.7 Å². The largest absolute Gasteiger partial charge is 0.490 e. The average molecular weight is 534 g/mol. The summed E-state index contributed by atoms with van der Waals surface area (Å²) in [4.78, 5) is 27.9. The summed E-state index contributed by atoms with van der Waals surface area (Å²) in [6.45, 7) is 11.1. The molecule has 0 spiro atoms.